The summed E-state index contributed by atoms with van der Waals surface area (Å²) in [5.74, 6) is 0.342. The largest absolute Gasteiger partial charge is 0.192 e. The molecule has 0 spiro atoms. The second-order valence-electron chi connectivity index (χ2n) is 2.57. The predicted octanol–water partition coefficient (Wildman–Crippen LogP) is 2.40. The van der Waals surface area contributed by atoms with Crippen LogP contribution >= 0.6 is 0 Å². The van der Waals surface area contributed by atoms with Gasteiger partial charge in [-0.1, -0.05) is 26.3 Å². The van der Waals surface area contributed by atoms with Gasteiger partial charge in [0.25, 0.3) is 0 Å². The summed E-state index contributed by atoms with van der Waals surface area (Å²) in [6.07, 6.45) is 3.85. The lowest BCUT2D eigenvalue weighted by Gasteiger charge is -2.00. The lowest BCUT2D eigenvalue weighted by molar-refractivity contribution is 0.633. The monoisotopic (exact) mass is 148 g/mol. The summed E-state index contributed by atoms with van der Waals surface area (Å²) < 4.78 is 0. The maximum Gasteiger partial charge on any atom is 0.125 e. The Morgan fingerprint density at radius 3 is 2.36 bits per heavy atom. The highest BCUT2D eigenvalue weighted by molar-refractivity contribution is 5.35. The van der Waals surface area contributed by atoms with Gasteiger partial charge in [-0.2, -0.15) is 10.5 Å². The molecule has 0 bridgehead atoms. The van der Waals surface area contributed by atoms with Gasteiger partial charge in [-0.25, -0.2) is 0 Å². The van der Waals surface area contributed by atoms with Crippen molar-refractivity contribution >= 4 is 0 Å². The number of allylic oxidation sites excluding steroid dienone is 2. The molecule has 0 saturated carbocycles. The fraction of sp³-hybridized carbons (Fsp3) is 0.556. The van der Waals surface area contributed by atoms with Crippen molar-refractivity contribution in [2.75, 3.05) is 0 Å². The van der Waals surface area contributed by atoms with Crippen LogP contribution < -0.4 is 0 Å². The highest BCUT2D eigenvalue weighted by Gasteiger charge is 1.98. The minimum Gasteiger partial charge on any atom is -0.192 e. The van der Waals surface area contributed by atoms with Crippen molar-refractivity contribution < 1.29 is 0 Å². The van der Waals surface area contributed by atoms with Gasteiger partial charge in [-0.05, 0) is 12.3 Å². The van der Waals surface area contributed by atoms with Gasteiger partial charge in [0.2, 0.25) is 0 Å². The lowest BCUT2D eigenvalue weighted by Crippen LogP contribution is -1.89. The molecule has 0 radical (unpaired) electrons. The molecule has 0 aliphatic heterocycles. The van der Waals surface area contributed by atoms with Gasteiger partial charge in [0.1, 0.15) is 17.7 Å². The van der Waals surface area contributed by atoms with Crippen molar-refractivity contribution in [1.82, 2.24) is 0 Å². The smallest absolute Gasteiger partial charge is 0.125 e. The summed E-state index contributed by atoms with van der Waals surface area (Å²) >= 11 is 0. The third kappa shape index (κ3) is 4.17. The number of nitriles is 2. The van der Waals surface area contributed by atoms with E-state index in [9.17, 15) is 0 Å². The summed E-state index contributed by atoms with van der Waals surface area (Å²) in [5.41, 5.74) is 0.228. The van der Waals surface area contributed by atoms with Crippen LogP contribution in [0.5, 0.6) is 0 Å². The Morgan fingerprint density at radius 2 is 2.00 bits per heavy atom. The molecule has 0 aliphatic carbocycles. The van der Waals surface area contributed by atoms with E-state index in [0.29, 0.717) is 5.92 Å². The first kappa shape index (κ1) is 9.72. The predicted molar refractivity (Wildman–Crippen MR) is 43.4 cm³/mol. The van der Waals surface area contributed by atoms with Gasteiger partial charge in [-0.3, -0.25) is 0 Å². The highest BCUT2D eigenvalue weighted by atomic mass is 14.3. The van der Waals surface area contributed by atoms with Gasteiger partial charge in [0.05, 0.1) is 0 Å². The molecule has 0 aliphatic rings. The van der Waals surface area contributed by atoms with E-state index < -0.39 is 0 Å². The molecule has 0 heterocycles. The molecule has 58 valence electrons. The van der Waals surface area contributed by atoms with Gasteiger partial charge in [0.15, 0.2) is 0 Å². The third-order valence-electron chi connectivity index (χ3n) is 1.44. The Labute approximate surface area is 67.8 Å². The molecule has 0 aromatic carbocycles. The molecule has 0 fully saturated rings. The van der Waals surface area contributed by atoms with Crippen molar-refractivity contribution in [1.29, 1.82) is 10.5 Å². The van der Waals surface area contributed by atoms with Crippen molar-refractivity contribution in [2.24, 2.45) is 5.92 Å². The maximum absolute atomic E-state index is 8.40. The van der Waals surface area contributed by atoms with Crippen LogP contribution in [0.2, 0.25) is 0 Å². The van der Waals surface area contributed by atoms with Crippen molar-refractivity contribution in [3.63, 3.8) is 0 Å². The van der Waals surface area contributed by atoms with E-state index in [1.165, 1.54) is 0 Å². The first-order chi connectivity index (χ1) is 5.24. The van der Waals surface area contributed by atoms with E-state index in [1.807, 2.05) is 19.1 Å². The van der Waals surface area contributed by atoms with Gasteiger partial charge in [0, 0.05) is 0 Å². The third-order valence-corrected chi connectivity index (χ3v) is 1.44. The first-order valence-corrected chi connectivity index (χ1v) is 3.76. The highest BCUT2D eigenvalue weighted by Crippen LogP contribution is 2.08. The zero-order valence-corrected chi connectivity index (χ0v) is 6.96. The summed E-state index contributed by atoms with van der Waals surface area (Å²) in [5, 5.41) is 16.8. The molecule has 11 heavy (non-hydrogen) atoms. The molecular formula is C9H12N2. The fourth-order valence-corrected chi connectivity index (χ4v) is 0.923. The molecule has 0 amide bonds. The number of rotatable bonds is 3. The van der Waals surface area contributed by atoms with Crippen molar-refractivity contribution in [3.8, 4) is 12.1 Å². The molecule has 2 nitrogen and oxygen atoms in total. The Kier molecular flexibility index (Phi) is 4.86. The summed E-state index contributed by atoms with van der Waals surface area (Å²) in [6, 6.07) is 3.68. The zero-order valence-electron chi connectivity index (χ0n) is 6.96. The van der Waals surface area contributed by atoms with E-state index in [1.54, 1.807) is 6.08 Å². The Morgan fingerprint density at radius 1 is 1.45 bits per heavy atom. The second kappa shape index (κ2) is 5.50. The standard InChI is InChI=1S/C9H12N2/c1-3-4-8(2)5-9(6-10)7-11/h5,8H,3-4H2,1-2H3. The quantitative estimate of drug-likeness (QED) is 0.577. The van der Waals surface area contributed by atoms with E-state index in [2.05, 4.69) is 6.92 Å². The zero-order chi connectivity index (χ0) is 8.69. The van der Waals surface area contributed by atoms with E-state index in [0.717, 1.165) is 12.8 Å². The number of hydrogen-bond donors (Lipinski definition) is 0. The van der Waals surface area contributed by atoms with E-state index >= 15 is 0 Å². The van der Waals surface area contributed by atoms with Crippen LogP contribution in [-0.4, -0.2) is 0 Å². The summed E-state index contributed by atoms with van der Waals surface area (Å²) in [7, 11) is 0. The normalized spacial score (nSPS) is 10.9. The average Bonchev–Trinajstić information content (AvgIpc) is 2.01. The van der Waals surface area contributed by atoms with Crippen LogP contribution in [0.1, 0.15) is 26.7 Å². The molecule has 1 atom stereocenters. The van der Waals surface area contributed by atoms with Crippen LogP contribution in [0.3, 0.4) is 0 Å². The van der Waals surface area contributed by atoms with Gasteiger partial charge < -0.3 is 0 Å². The Balaban J connectivity index is 4.09. The SMILES string of the molecule is CCCC(C)C=C(C#N)C#N. The Hall–Kier alpha value is -1.28. The molecule has 1 unspecified atom stereocenters. The van der Waals surface area contributed by atoms with E-state index in [-0.39, 0.29) is 5.57 Å². The number of nitrogens with zero attached hydrogens (tertiary/aromatic N) is 2. The van der Waals surface area contributed by atoms with Crippen molar-refractivity contribution in [2.45, 2.75) is 26.7 Å². The maximum atomic E-state index is 8.40. The number of hydrogen-bond acceptors (Lipinski definition) is 2. The van der Waals surface area contributed by atoms with Crippen LogP contribution in [0.25, 0.3) is 0 Å². The minimum absolute atomic E-state index is 0.228. The van der Waals surface area contributed by atoms with Crippen LogP contribution in [0, 0.1) is 28.6 Å². The van der Waals surface area contributed by atoms with E-state index in [4.69, 9.17) is 10.5 Å². The second-order valence-corrected chi connectivity index (χ2v) is 2.57. The molecule has 0 saturated heterocycles. The van der Waals surface area contributed by atoms with Gasteiger partial charge >= 0.3 is 0 Å². The van der Waals surface area contributed by atoms with Crippen molar-refractivity contribution in [3.05, 3.63) is 11.6 Å². The van der Waals surface area contributed by atoms with Crippen LogP contribution in [-0.2, 0) is 0 Å². The summed E-state index contributed by atoms with van der Waals surface area (Å²) in [6.45, 7) is 4.10. The van der Waals surface area contributed by atoms with Gasteiger partial charge in [-0.15, -0.1) is 0 Å². The molecule has 0 aromatic heterocycles. The van der Waals surface area contributed by atoms with Crippen LogP contribution in [0.15, 0.2) is 11.6 Å². The first-order valence-electron chi connectivity index (χ1n) is 3.76. The lowest BCUT2D eigenvalue weighted by atomic mass is 10.0. The fourth-order valence-electron chi connectivity index (χ4n) is 0.923. The molecule has 0 N–H and O–H groups in total. The molecule has 2 heteroatoms. The summed E-state index contributed by atoms with van der Waals surface area (Å²) in [4.78, 5) is 0. The Bertz CT molecular complexity index is 199. The minimum atomic E-state index is 0.228. The van der Waals surface area contributed by atoms with Crippen LogP contribution in [0.4, 0.5) is 0 Å². The molecule has 0 rings (SSSR count). The molecule has 0 aromatic rings. The topological polar surface area (TPSA) is 47.6 Å². The average molecular weight is 148 g/mol. The molecular weight excluding hydrogens is 136 g/mol.